The molecular weight excluding hydrogens is 340 g/mol. The van der Waals surface area contributed by atoms with Crippen LogP contribution >= 0.6 is 0 Å². The molecule has 2 rings (SSSR count). The zero-order valence-corrected chi connectivity index (χ0v) is 19.3. The van der Waals surface area contributed by atoms with E-state index >= 15 is 0 Å². The maximum Gasteiger partial charge on any atom is 0.0234 e. The van der Waals surface area contributed by atoms with E-state index in [1.807, 2.05) is 0 Å². The molecule has 0 N–H and O–H groups in total. The van der Waals surface area contributed by atoms with E-state index in [9.17, 15) is 0 Å². The van der Waals surface area contributed by atoms with Crippen LogP contribution in [0.25, 0.3) is 0 Å². The quantitative estimate of drug-likeness (QED) is 0.348. The summed E-state index contributed by atoms with van der Waals surface area (Å²) in [5.41, 5.74) is 2.91. The highest BCUT2D eigenvalue weighted by Crippen LogP contribution is 2.17. The van der Waals surface area contributed by atoms with Crippen LogP contribution in [-0.4, -0.2) is 42.5 Å². The molecule has 2 nitrogen and oxygen atoms in total. The zero-order chi connectivity index (χ0) is 20.2. The molecule has 0 atom stereocenters. The van der Waals surface area contributed by atoms with Gasteiger partial charge >= 0.3 is 0 Å². The van der Waals surface area contributed by atoms with E-state index in [-0.39, 0.29) is 0 Å². The number of nitrogens with zero attached hydrogens (tertiary/aromatic N) is 2. The third kappa shape index (κ3) is 9.56. The fourth-order valence-electron chi connectivity index (χ4n) is 4.21. The first-order chi connectivity index (χ1) is 13.5. The Morgan fingerprint density at radius 1 is 0.679 bits per heavy atom. The van der Waals surface area contributed by atoms with Crippen molar-refractivity contribution in [2.24, 2.45) is 5.92 Å². The zero-order valence-electron chi connectivity index (χ0n) is 19.3. The summed E-state index contributed by atoms with van der Waals surface area (Å²) in [6.45, 7) is 16.6. The molecule has 28 heavy (non-hydrogen) atoms. The lowest BCUT2D eigenvalue weighted by Crippen LogP contribution is -2.46. The molecule has 0 saturated carbocycles. The molecule has 2 heteroatoms. The number of benzene rings is 1. The van der Waals surface area contributed by atoms with Gasteiger partial charge in [-0.05, 0) is 35.9 Å². The van der Waals surface area contributed by atoms with Crippen LogP contribution in [0.3, 0.4) is 0 Å². The Morgan fingerprint density at radius 2 is 1.21 bits per heavy atom. The maximum atomic E-state index is 2.68. The minimum Gasteiger partial charge on any atom is -0.301 e. The summed E-state index contributed by atoms with van der Waals surface area (Å²) in [7, 11) is 0. The molecule has 0 spiro atoms. The molecule has 160 valence electrons. The van der Waals surface area contributed by atoms with Gasteiger partial charge < -0.3 is 4.90 Å². The van der Waals surface area contributed by atoms with Crippen molar-refractivity contribution in [1.82, 2.24) is 9.80 Å². The minimum absolute atomic E-state index is 0.627. The molecule has 1 saturated heterocycles. The Labute approximate surface area is 175 Å². The van der Waals surface area contributed by atoms with Crippen LogP contribution in [-0.2, 0) is 6.54 Å². The lowest BCUT2D eigenvalue weighted by atomic mass is 10.0. The standard InChI is InChI=1S/C26H46N2/c1-23(2)12-10-8-6-5-7-9-11-17-27-18-20-28(21-19-27)22-25-13-15-26(16-14-25)24(3)4/h13-16,23-24H,5-12,17-22H2,1-4H3. The average Bonchev–Trinajstić information content (AvgIpc) is 2.68. The Bertz CT molecular complexity index is 498. The van der Waals surface area contributed by atoms with Crippen molar-refractivity contribution in [3.63, 3.8) is 0 Å². The average molecular weight is 387 g/mol. The van der Waals surface area contributed by atoms with Crippen molar-refractivity contribution < 1.29 is 0 Å². The van der Waals surface area contributed by atoms with E-state index < -0.39 is 0 Å². The van der Waals surface area contributed by atoms with Crippen molar-refractivity contribution in [3.05, 3.63) is 35.4 Å². The van der Waals surface area contributed by atoms with Crippen LogP contribution in [0.5, 0.6) is 0 Å². The van der Waals surface area contributed by atoms with Crippen LogP contribution in [0.4, 0.5) is 0 Å². The van der Waals surface area contributed by atoms with Crippen LogP contribution in [0.1, 0.15) is 96.1 Å². The van der Waals surface area contributed by atoms with Crippen molar-refractivity contribution >= 4 is 0 Å². The highest BCUT2D eigenvalue weighted by molar-refractivity contribution is 5.24. The summed E-state index contributed by atoms with van der Waals surface area (Å²) in [4.78, 5) is 5.30. The van der Waals surface area contributed by atoms with Gasteiger partial charge in [0.1, 0.15) is 0 Å². The summed E-state index contributed by atoms with van der Waals surface area (Å²) in [5.74, 6) is 1.51. The van der Waals surface area contributed by atoms with Gasteiger partial charge in [0.15, 0.2) is 0 Å². The molecule has 1 fully saturated rings. The van der Waals surface area contributed by atoms with Gasteiger partial charge in [-0.2, -0.15) is 0 Å². The van der Waals surface area contributed by atoms with Gasteiger partial charge in [0.25, 0.3) is 0 Å². The third-order valence-corrected chi connectivity index (χ3v) is 6.27. The van der Waals surface area contributed by atoms with Gasteiger partial charge in [0.2, 0.25) is 0 Å². The fraction of sp³-hybridized carbons (Fsp3) is 0.769. The molecule has 0 amide bonds. The summed E-state index contributed by atoms with van der Waals surface area (Å²) < 4.78 is 0. The Hall–Kier alpha value is -0.860. The Kier molecular flexibility index (Phi) is 11.2. The van der Waals surface area contributed by atoms with Gasteiger partial charge in [0, 0.05) is 32.7 Å². The summed E-state index contributed by atoms with van der Waals surface area (Å²) >= 11 is 0. The molecule has 1 aliphatic rings. The molecular formula is C26H46N2. The van der Waals surface area contributed by atoms with E-state index in [2.05, 4.69) is 61.8 Å². The minimum atomic E-state index is 0.627. The lowest BCUT2D eigenvalue weighted by Gasteiger charge is -2.34. The van der Waals surface area contributed by atoms with Crippen LogP contribution in [0.2, 0.25) is 0 Å². The van der Waals surface area contributed by atoms with Gasteiger partial charge in [0.05, 0.1) is 0 Å². The molecule has 0 aromatic heterocycles. The van der Waals surface area contributed by atoms with E-state index in [0.717, 1.165) is 12.5 Å². The van der Waals surface area contributed by atoms with Crippen LogP contribution in [0, 0.1) is 5.92 Å². The second-order valence-electron chi connectivity index (χ2n) is 9.67. The molecule has 1 aromatic rings. The number of rotatable bonds is 13. The molecule has 1 heterocycles. The van der Waals surface area contributed by atoms with E-state index in [0.29, 0.717) is 5.92 Å². The topological polar surface area (TPSA) is 6.48 Å². The van der Waals surface area contributed by atoms with Gasteiger partial charge in [-0.1, -0.05) is 96.9 Å². The lowest BCUT2D eigenvalue weighted by molar-refractivity contribution is 0.125. The molecule has 0 aliphatic carbocycles. The molecule has 0 unspecified atom stereocenters. The summed E-state index contributed by atoms with van der Waals surface area (Å²) in [6, 6.07) is 9.26. The van der Waals surface area contributed by atoms with Crippen molar-refractivity contribution in [3.8, 4) is 0 Å². The molecule has 1 aromatic carbocycles. The molecule has 0 radical (unpaired) electrons. The first-order valence-corrected chi connectivity index (χ1v) is 12.1. The second kappa shape index (κ2) is 13.4. The predicted octanol–water partition coefficient (Wildman–Crippen LogP) is 6.70. The van der Waals surface area contributed by atoms with Crippen molar-refractivity contribution in [1.29, 1.82) is 0 Å². The number of hydrogen-bond donors (Lipinski definition) is 0. The van der Waals surface area contributed by atoms with Gasteiger partial charge in [-0.3, -0.25) is 4.90 Å². The Morgan fingerprint density at radius 3 is 1.79 bits per heavy atom. The van der Waals surface area contributed by atoms with Crippen LogP contribution < -0.4 is 0 Å². The van der Waals surface area contributed by atoms with E-state index in [1.165, 1.54) is 95.2 Å². The largest absolute Gasteiger partial charge is 0.301 e. The highest BCUT2D eigenvalue weighted by atomic mass is 15.3. The van der Waals surface area contributed by atoms with E-state index in [1.54, 1.807) is 0 Å². The van der Waals surface area contributed by atoms with E-state index in [4.69, 9.17) is 0 Å². The molecule has 1 aliphatic heterocycles. The Balaban J connectivity index is 1.48. The van der Waals surface area contributed by atoms with Gasteiger partial charge in [-0.15, -0.1) is 0 Å². The monoisotopic (exact) mass is 386 g/mol. The molecule has 0 bridgehead atoms. The third-order valence-electron chi connectivity index (χ3n) is 6.27. The second-order valence-corrected chi connectivity index (χ2v) is 9.67. The fourth-order valence-corrected chi connectivity index (χ4v) is 4.21. The number of piperazine rings is 1. The maximum absolute atomic E-state index is 2.68. The first kappa shape index (κ1) is 23.4. The normalized spacial score (nSPS) is 16.4. The highest BCUT2D eigenvalue weighted by Gasteiger charge is 2.16. The van der Waals surface area contributed by atoms with Crippen molar-refractivity contribution in [2.75, 3.05) is 32.7 Å². The van der Waals surface area contributed by atoms with Gasteiger partial charge in [-0.25, -0.2) is 0 Å². The predicted molar refractivity (Wildman–Crippen MR) is 124 cm³/mol. The van der Waals surface area contributed by atoms with Crippen LogP contribution in [0.15, 0.2) is 24.3 Å². The smallest absolute Gasteiger partial charge is 0.0234 e. The summed E-state index contributed by atoms with van der Waals surface area (Å²) in [5, 5.41) is 0. The summed E-state index contributed by atoms with van der Waals surface area (Å²) in [6.07, 6.45) is 11.4. The first-order valence-electron chi connectivity index (χ1n) is 12.1. The number of unbranched alkanes of at least 4 members (excludes halogenated alkanes) is 6. The number of hydrogen-bond acceptors (Lipinski definition) is 2. The van der Waals surface area contributed by atoms with Crippen molar-refractivity contribution in [2.45, 2.75) is 91.5 Å². The SMILES string of the molecule is CC(C)CCCCCCCCCN1CCN(Cc2ccc(C(C)C)cc2)CC1.